The summed E-state index contributed by atoms with van der Waals surface area (Å²) in [6, 6.07) is 5.87. The van der Waals surface area contributed by atoms with Crippen molar-refractivity contribution in [2.24, 2.45) is 4.99 Å². The van der Waals surface area contributed by atoms with E-state index in [-0.39, 0.29) is 0 Å². The van der Waals surface area contributed by atoms with Gasteiger partial charge in [0.15, 0.2) is 0 Å². The van der Waals surface area contributed by atoms with Gasteiger partial charge in [0.05, 0.1) is 33.0 Å². The van der Waals surface area contributed by atoms with Gasteiger partial charge in [0.25, 0.3) is 0 Å². The lowest BCUT2D eigenvalue weighted by Crippen LogP contribution is -2.31. The molecule has 0 N–H and O–H groups in total. The van der Waals surface area contributed by atoms with E-state index in [4.69, 9.17) is 14.2 Å². The Balaban J connectivity index is 1.39. The van der Waals surface area contributed by atoms with Gasteiger partial charge in [0, 0.05) is 5.56 Å². The summed E-state index contributed by atoms with van der Waals surface area (Å²) in [7, 11) is 0. The van der Waals surface area contributed by atoms with Gasteiger partial charge in [-0.25, -0.2) is 9.13 Å². The molecule has 41 heavy (non-hydrogen) atoms. The standard InChI is InChI=1S/C35H58N3O3/c1-4-6-7-8-9-10-11-12-13-14-15-16-17-18-23-37-24-25-38(32-37)26-27-39-28-29-40-30-31-41-34-22-19-21-33(20-5-2)35(34)36-3/h5,19-22,24-25,32H,3-4,6-18,23,26-31H2,1-2H3/q+1/b20-5-. The highest BCUT2D eigenvalue weighted by atomic mass is 16.5. The summed E-state index contributed by atoms with van der Waals surface area (Å²) in [5, 5.41) is 0. The number of aromatic nitrogens is 2. The summed E-state index contributed by atoms with van der Waals surface area (Å²) in [6.45, 7) is 12.7. The van der Waals surface area contributed by atoms with Crippen LogP contribution in [0.15, 0.2) is 48.0 Å². The third kappa shape index (κ3) is 16.6. The maximum Gasteiger partial charge on any atom is 0.243 e. The molecule has 230 valence electrons. The van der Waals surface area contributed by atoms with E-state index in [9.17, 15) is 0 Å². The average molecular weight is 569 g/mol. The third-order valence-corrected chi connectivity index (χ3v) is 7.40. The summed E-state index contributed by atoms with van der Waals surface area (Å²) in [5.41, 5.74) is 1.76. The molecule has 0 amide bonds. The van der Waals surface area contributed by atoms with Crippen molar-refractivity contribution in [2.75, 3.05) is 33.0 Å². The van der Waals surface area contributed by atoms with Crippen molar-refractivity contribution < 1.29 is 18.8 Å². The molecule has 0 saturated heterocycles. The number of allylic oxidation sites excluding steroid dienone is 1. The smallest absolute Gasteiger partial charge is 0.243 e. The Kier molecular flexibility index (Phi) is 20.5. The summed E-state index contributed by atoms with van der Waals surface area (Å²) in [4.78, 5) is 4.12. The minimum Gasteiger partial charge on any atom is -0.489 e. The molecule has 1 heterocycles. The molecule has 0 bridgehead atoms. The molecular formula is C35H58N3O3+. The zero-order chi connectivity index (χ0) is 29.2. The number of rotatable bonds is 27. The van der Waals surface area contributed by atoms with Crippen molar-refractivity contribution in [3.8, 4) is 5.75 Å². The fourth-order valence-corrected chi connectivity index (χ4v) is 5.03. The number of hydrogen-bond acceptors (Lipinski definition) is 4. The molecule has 0 aliphatic heterocycles. The Bertz CT molecular complexity index is 940. The van der Waals surface area contributed by atoms with Crippen molar-refractivity contribution in [1.29, 1.82) is 0 Å². The first-order valence-corrected chi connectivity index (χ1v) is 16.3. The highest BCUT2D eigenvalue weighted by Gasteiger charge is 2.06. The van der Waals surface area contributed by atoms with E-state index in [0.29, 0.717) is 33.0 Å². The van der Waals surface area contributed by atoms with Crippen LogP contribution in [0.1, 0.15) is 109 Å². The average Bonchev–Trinajstić information content (AvgIpc) is 3.44. The molecule has 0 fully saturated rings. The van der Waals surface area contributed by atoms with Gasteiger partial charge in [0.1, 0.15) is 37.0 Å². The molecule has 0 unspecified atom stereocenters. The van der Waals surface area contributed by atoms with E-state index in [1.54, 1.807) is 0 Å². The number of benzene rings is 1. The minimum absolute atomic E-state index is 0.463. The molecule has 0 atom stereocenters. The molecule has 2 aromatic rings. The van der Waals surface area contributed by atoms with Gasteiger partial charge in [-0.2, -0.15) is 0 Å². The number of para-hydroxylation sites is 1. The normalized spacial score (nSPS) is 11.5. The number of aryl methyl sites for hydroxylation is 1. The number of unbranched alkanes of at least 4 members (excludes halogenated alkanes) is 13. The zero-order valence-corrected chi connectivity index (χ0v) is 26.2. The Morgan fingerprint density at radius 1 is 0.805 bits per heavy atom. The van der Waals surface area contributed by atoms with Crippen LogP contribution in [0.2, 0.25) is 0 Å². The van der Waals surface area contributed by atoms with Crippen molar-refractivity contribution in [3.05, 3.63) is 48.6 Å². The van der Waals surface area contributed by atoms with E-state index in [0.717, 1.165) is 30.1 Å². The van der Waals surface area contributed by atoms with E-state index in [1.165, 1.54) is 89.9 Å². The van der Waals surface area contributed by atoms with Crippen LogP contribution in [-0.4, -0.2) is 44.3 Å². The van der Waals surface area contributed by atoms with Gasteiger partial charge in [0.2, 0.25) is 6.33 Å². The van der Waals surface area contributed by atoms with E-state index in [1.807, 2.05) is 37.3 Å². The lowest BCUT2D eigenvalue weighted by molar-refractivity contribution is -0.696. The Morgan fingerprint density at radius 2 is 1.41 bits per heavy atom. The van der Waals surface area contributed by atoms with E-state index >= 15 is 0 Å². The number of imidazole rings is 1. The second kappa shape index (κ2) is 24.2. The van der Waals surface area contributed by atoms with E-state index < -0.39 is 0 Å². The molecule has 0 aliphatic carbocycles. The Hall–Kier alpha value is -2.44. The minimum atomic E-state index is 0.463. The van der Waals surface area contributed by atoms with Crippen LogP contribution >= 0.6 is 0 Å². The van der Waals surface area contributed by atoms with Gasteiger partial charge >= 0.3 is 0 Å². The SMILES string of the molecule is C=Nc1c(/C=C\C)cccc1OCCOCCOCCn1cc[n+](CCCCCCCCCCCCCCCC)c1. The second-order valence-corrected chi connectivity index (χ2v) is 10.9. The summed E-state index contributed by atoms with van der Waals surface area (Å²) in [6.07, 6.45) is 30.1. The fourth-order valence-electron chi connectivity index (χ4n) is 5.03. The first-order chi connectivity index (χ1) is 20.3. The fraction of sp³-hybridized carbons (Fsp3) is 0.657. The third-order valence-electron chi connectivity index (χ3n) is 7.40. The number of hydrogen-bond donors (Lipinski definition) is 0. The number of aliphatic imine (C=N–C) groups is 1. The van der Waals surface area contributed by atoms with Crippen LogP contribution in [0.5, 0.6) is 5.75 Å². The van der Waals surface area contributed by atoms with Gasteiger partial charge in [-0.1, -0.05) is 108 Å². The molecule has 0 aliphatic rings. The second-order valence-electron chi connectivity index (χ2n) is 10.9. The predicted molar refractivity (Wildman–Crippen MR) is 172 cm³/mol. The lowest BCUT2D eigenvalue weighted by Gasteiger charge is -2.11. The van der Waals surface area contributed by atoms with Crippen LogP contribution in [0.25, 0.3) is 6.08 Å². The molecule has 2 rings (SSSR count). The molecule has 0 radical (unpaired) electrons. The van der Waals surface area contributed by atoms with Crippen LogP contribution < -0.4 is 9.30 Å². The van der Waals surface area contributed by atoms with Crippen LogP contribution in [0.4, 0.5) is 5.69 Å². The molecule has 6 nitrogen and oxygen atoms in total. The van der Waals surface area contributed by atoms with Crippen LogP contribution in [0.3, 0.4) is 0 Å². The summed E-state index contributed by atoms with van der Waals surface area (Å²) < 4.78 is 21.7. The van der Waals surface area contributed by atoms with Gasteiger partial charge in [-0.3, -0.25) is 4.99 Å². The first kappa shape index (κ1) is 34.8. The van der Waals surface area contributed by atoms with Crippen molar-refractivity contribution in [2.45, 2.75) is 117 Å². The predicted octanol–water partition coefficient (Wildman–Crippen LogP) is 8.73. The Labute approximate surface area is 250 Å². The Morgan fingerprint density at radius 3 is 2.05 bits per heavy atom. The topological polar surface area (TPSA) is 48.9 Å². The van der Waals surface area contributed by atoms with Crippen molar-refractivity contribution >= 4 is 18.5 Å². The van der Waals surface area contributed by atoms with Gasteiger partial charge in [-0.05, 0) is 32.5 Å². The summed E-state index contributed by atoms with van der Waals surface area (Å²) >= 11 is 0. The largest absolute Gasteiger partial charge is 0.489 e. The molecule has 1 aromatic heterocycles. The quantitative estimate of drug-likeness (QED) is 0.0615. The van der Waals surface area contributed by atoms with E-state index in [2.05, 4.69) is 46.5 Å². The van der Waals surface area contributed by atoms with Crippen molar-refractivity contribution in [1.82, 2.24) is 4.57 Å². The highest BCUT2D eigenvalue weighted by molar-refractivity contribution is 5.71. The van der Waals surface area contributed by atoms with Gasteiger partial charge in [-0.15, -0.1) is 0 Å². The molecule has 6 heteroatoms. The molecule has 0 spiro atoms. The van der Waals surface area contributed by atoms with Crippen molar-refractivity contribution in [3.63, 3.8) is 0 Å². The zero-order valence-electron chi connectivity index (χ0n) is 26.2. The molecular weight excluding hydrogens is 510 g/mol. The lowest BCUT2D eigenvalue weighted by atomic mass is 10.0. The van der Waals surface area contributed by atoms with Crippen LogP contribution in [-0.2, 0) is 22.6 Å². The molecule has 0 saturated carbocycles. The first-order valence-electron chi connectivity index (χ1n) is 16.3. The summed E-state index contributed by atoms with van der Waals surface area (Å²) in [5.74, 6) is 0.726. The highest BCUT2D eigenvalue weighted by Crippen LogP contribution is 2.32. The van der Waals surface area contributed by atoms with Gasteiger partial charge < -0.3 is 14.2 Å². The van der Waals surface area contributed by atoms with Crippen LogP contribution in [0, 0.1) is 0 Å². The monoisotopic (exact) mass is 568 g/mol. The maximum atomic E-state index is 5.84. The molecule has 1 aromatic carbocycles. The number of nitrogens with zero attached hydrogens (tertiary/aromatic N) is 3. The maximum absolute atomic E-state index is 5.84. The number of ether oxygens (including phenoxy) is 3.